The highest BCUT2D eigenvalue weighted by Gasteiger charge is 2.25. The molecule has 0 bridgehead atoms. The Morgan fingerprint density at radius 1 is 1.33 bits per heavy atom. The van der Waals surface area contributed by atoms with Gasteiger partial charge in [-0.25, -0.2) is 13.6 Å². The smallest absolute Gasteiger partial charge is 0.210 e. The summed E-state index contributed by atoms with van der Waals surface area (Å²) in [5.74, 6) is 0.514. The summed E-state index contributed by atoms with van der Waals surface area (Å²) in [6, 6.07) is 11.3. The minimum Gasteiger partial charge on any atom is -0.357 e. The van der Waals surface area contributed by atoms with Crippen molar-refractivity contribution in [1.29, 1.82) is 0 Å². The lowest BCUT2D eigenvalue weighted by Crippen LogP contribution is -2.51. The van der Waals surface area contributed by atoms with E-state index in [1.54, 1.807) is 0 Å². The van der Waals surface area contributed by atoms with Crippen molar-refractivity contribution in [2.45, 2.75) is 45.3 Å². The highest BCUT2D eigenvalue weighted by molar-refractivity contribution is 14.0. The average Bonchev–Trinajstić information content (AvgIpc) is 2.57. The third-order valence-corrected chi connectivity index (χ3v) is 5.32. The molecule has 2 unspecified atom stereocenters. The number of piperidine rings is 1. The number of nitrogens with two attached hydrogens (primary N) is 1. The first-order valence-corrected chi connectivity index (χ1v) is 10.9. The van der Waals surface area contributed by atoms with Gasteiger partial charge in [0, 0.05) is 31.7 Å². The summed E-state index contributed by atoms with van der Waals surface area (Å²) in [7, 11) is -3.48. The molecule has 0 spiro atoms. The van der Waals surface area contributed by atoms with Gasteiger partial charge in [-0.3, -0.25) is 9.89 Å². The number of nitrogens with one attached hydrogen (secondary N) is 2. The predicted molar refractivity (Wildman–Crippen MR) is 122 cm³/mol. The van der Waals surface area contributed by atoms with Crippen molar-refractivity contribution in [3.05, 3.63) is 35.9 Å². The second-order valence-corrected chi connectivity index (χ2v) is 8.53. The summed E-state index contributed by atoms with van der Waals surface area (Å²) in [6.07, 6.45) is 2.04. The Labute approximate surface area is 180 Å². The first-order chi connectivity index (χ1) is 12.4. The molecule has 2 atom stereocenters. The van der Waals surface area contributed by atoms with Crippen LogP contribution in [0.5, 0.6) is 0 Å². The lowest BCUT2D eigenvalue weighted by Gasteiger charge is -2.38. The van der Waals surface area contributed by atoms with Gasteiger partial charge in [-0.05, 0) is 32.3 Å². The fraction of sp³-hybridized carbons (Fsp3) is 0.611. The molecule has 1 aliphatic heterocycles. The molecule has 154 valence electrons. The molecule has 0 amide bonds. The molecule has 0 aromatic heterocycles. The van der Waals surface area contributed by atoms with Crippen LogP contribution in [0.15, 0.2) is 35.3 Å². The van der Waals surface area contributed by atoms with E-state index in [2.05, 4.69) is 51.7 Å². The van der Waals surface area contributed by atoms with Gasteiger partial charge in [-0.2, -0.15) is 0 Å². The van der Waals surface area contributed by atoms with Crippen molar-refractivity contribution in [1.82, 2.24) is 15.5 Å². The van der Waals surface area contributed by atoms with Crippen molar-refractivity contribution in [3.8, 4) is 0 Å². The predicted octanol–water partition coefficient (Wildman–Crippen LogP) is 1.50. The topological polar surface area (TPSA) is 99.8 Å². The molecule has 0 saturated carbocycles. The number of primary sulfonamides is 1. The maximum atomic E-state index is 11.1. The van der Waals surface area contributed by atoms with E-state index in [1.807, 2.05) is 13.0 Å². The Balaban J connectivity index is 0.00000364. The maximum Gasteiger partial charge on any atom is 0.210 e. The average molecular weight is 509 g/mol. The van der Waals surface area contributed by atoms with E-state index >= 15 is 0 Å². The van der Waals surface area contributed by atoms with Crippen molar-refractivity contribution in [2.75, 3.05) is 25.4 Å². The normalized spacial score (nSPS) is 21.4. The molecule has 9 heteroatoms. The SMILES string of the molecule is CCNC(=NCCS(N)(=O)=O)NC1CCN(Cc2ccccc2)C(C)C1.I. The van der Waals surface area contributed by atoms with Crippen LogP contribution in [0, 0.1) is 0 Å². The van der Waals surface area contributed by atoms with Gasteiger partial charge in [-0.15, -0.1) is 24.0 Å². The lowest BCUT2D eigenvalue weighted by molar-refractivity contribution is 0.134. The van der Waals surface area contributed by atoms with Crippen LogP contribution in [0.1, 0.15) is 32.3 Å². The highest BCUT2D eigenvalue weighted by Crippen LogP contribution is 2.19. The van der Waals surface area contributed by atoms with Gasteiger partial charge in [0.1, 0.15) is 0 Å². The van der Waals surface area contributed by atoms with E-state index in [0.29, 0.717) is 18.0 Å². The molecule has 0 radical (unpaired) electrons. The van der Waals surface area contributed by atoms with Crippen molar-refractivity contribution >= 4 is 40.0 Å². The van der Waals surface area contributed by atoms with Crippen LogP contribution in [-0.2, 0) is 16.6 Å². The van der Waals surface area contributed by atoms with Gasteiger partial charge < -0.3 is 10.6 Å². The van der Waals surface area contributed by atoms with Crippen LogP contribution in [0.2, 0.25) is 0 Å². The highest BCUT2D eigenvalue weighted by atomic mass is 127. The molecule has 1 fully saturated rings. The largest absolute Gasteiger partial charge is 0.357 e. The van der Waals surface area contributed by atoms with Crippen molar-refractivity contribution in [3.63, 3.8) is 0 Å². The number of benzene rings is 1. The monoisotopic (exact) mass is 509 g/mol. The molecule has 1 heterocycles. The fourth-order valence-electron chi connectivity index (χ4n) is 3.20. The van der Waals surface area contributed by atoms with Gasteiger partial charge in [0.15, 0.2) is 5.96 Å². The zero-order valence-corrected chi connectivity index (χ0v) is 19.2. The lowest BCUT2D eigenvalue weighted by atomic mass is 9.97. The third kappa shape index (κ3) is 9.22. The summed E-state index contributed by atoms with van der Waals surface area (Å²) in [5.41, 5.74) is 1.34. The van der Waals surface area contributed by atoms with Gasteiger partial charge in [-0.1, -0.05) is 30.3 Å². The van der Waals surface area contributed by atoms with Crippen LogP contribution in [0.3, 0.4) is 0 Å². The molecule has 27 heavy (non-hydrogen) atoms. The van der Waals surface area contributed by atoms with Gasteiger partial charge >= 0.3 is 0 Å². The molecule has 1 aromatic rings. The van der Waals surface area contributed by atoms with Crippen LogP contribution in [-0.4, -0.2) is 56.7 Å². The second-order valence-electron chi connectivity index (χ2n) is 6.80. The van der Waals surface area contributed by atoms with E-state index in [1.165, 1.54) is 5.56 Å². The van der Waals surface area contributed by atoms with E-state index in [0.717, 1.165) is 32.5 Å². The number of nitrogens with zero attached hydrogens (tertiary/aromatic N) is 2. The Morgan fingerprint density at radius 3 is 2.63 bits per heavy atom. The molecule has 7 nitrogen and oxygen atoms in total. The van der Waals surface area contributed by atoms with Crippen LogP contribution in [0.4, 0.5) is 0 Å². The molecular formula is C18H32IN5O2S. The zero-order chi connectivity index (χ0) is 19.0. The number of aliphatic imine (C=N–C) groups is 1. The number of hydrogen-bond donors (Lipinski definition) is 3. The standard InChI is InChI=1S/C18H31N5O2S.HI/c1-3-20-18(21-10-12-26(19,24)25)22-17-9-11-23(15(2)13-17)14-16-7-5-4-6-8-16;/h4-8,15,17H,3,9-14H2,1-2H3,(H2,19,24,25)(H2,20,21,22);1H. The first kappa shape index (κ1) is 24.1. The summed E-state index contributed by atoms with van der Waals surface area (Å²) in [5, 5.41) is 11.6. The quantitative estimate of drug-likeness (QED) is 0.294. The maximum absolute atomic E-state index is 11.1. The minimum atomic E-state index is -3.48. The number of hydrogen-bond acceptors (Lipinski definition) is 4. The Kier molecular flexibility index (Phi) is 10.6. The number of sulfonamides is 1. The van der Waals surface area contributed by atoms with E-state index < -0.39 is 10.0 Å². The van der Waals surface area contributed by atoms with E-state index in [-0.39, 0.29) is 36.3 Å². The Bertz CT molecular complexity index is 684. The zero-order valence-electron chi connectivity index (χ0n) is 16.1. The van der Waals surface area contributed by atoms with Gasteiger partial charge in [0.25, 0.3) is 0 Å². The van der Waals surface area contributed by atoms with Crippen LogP contribution < -0.4 is 15.8 Å². The molecular weight excluding hydrogens is 477 g/mol. The molecule has 2 rings (SSSR count). The molecule has 4 N–H and O–H groups in total. The molecule has 1 saturated heterocycles. The molecule has 0 aliphatic carbocycles. The van der Waals surface area contributed by atoms with Gasteiger partial charge in [0.2, 0.25) is 10.0 Å². The number of rotatable bonds is 7. The van der Waals surface area contributed by atoms with Crippen LogP contribution >= 0.6 is 24.0 Å². The van der Waals surface area contributed by atoms with E-state index in [9.17, 15) is 8.42 Å². The van der Waals surface area contributed by atoms with E-state index in [4.69, 9.17) is 5.14 Å². The summed E-state index contributed by atoms with van der Waals surface area (Å²) >= 11 is 0. The third-order valence-electron chi connectivity index (χ3n) is 4.57. The summed E-state index contributed by atoms with van der Waals surface area (Å²) < 4.78 is 22.1. The number of likely N-dealkylation sites (tertiary alicyclic amines) is 1. The molecule has 1 aliphatic rings. The van der Waals surface area contributed by atoms with Crippen molar-refractivity contribution < 1.29 is 8.42 Å². The van der Waals surface area contributed by atoms with Crippen molar-refractivity contribution in [2.24, 2.45) is 10.1 Å². The number of guanidine groups is 1. The Morgan fingerprint density at radius 2 is 2.04 bits per heavy atom. The minimum absolute atomic E-state index is 0. The first-order valence-electron chi connectivity index (χ1n) is 9.20. The molecule has 1 aromatic carbocycles. The Hall–Kier alpha value is -0.910. The van der Waals surface area contributed by atoms with Crippen LogP contribution in [0.25, 0.3) is 0 Å². The second kappa shape index (κ2) is 11.8. The summed E-state index contributed by atoms with van der Waals surface area (Å²) in [6.45, 7) is 7.12. The number of halogens is 1. The fourth-order valence-corrected chi connectivity index (χ4v) is 3.55. The summed E-state index contributed by atoms with van der Waals surface area (Å²) in [4.78, 5) is 6.82. The van der Waals surface area contributed by atoms with Gasteiger partial charge in [0.05, 0.1) is 12.3 Å².